The van der Waals surface area contributed by atoms with Gasteiger partial charge in [-0.15, -0.1) is 0 Å². The maximum absolute atomic E-state index is 14.1. The Kier molecular flexibility index (Phi) is 7.89. The summed E-state index contributed by atoms with van der Waals surface area (Å²) in [5.41, 5.74) is 3.70. The molecule has 37 heavy (non-hydrogen) atoms. The van der Waals surface area contributed by atoms with Crippen molar-refractivity contribution < 1.29 is 14.3 Å². The van der Waals surface area contributed by atoms with Gasteiger partial charge in [-0.25, -0.2) is 0 Å². The van der Waals surface area contributed by atoms with Crippen molar-refractivity contribution in [2.75, 3.05) is 7.11 Å². The molecule has 2 aliphatic rings. The number of H-pyrrole nitrogens is 1. The Morgan fingerprint density at radius 3 is 2.08 bits per heavy atom. The van der Waals surface area contributed by atoms with Gasteiger partial charge in [-0.1, -0.05) is 50.1 Å². The van der Waals surface area contributed by atoms with Crippen LogP contribution in [0.5, 0.6) is 5.75 Å². The number of nitrogens with one attached hydrogen (secondary N) is 1. The van der Waals surface area contributed by atoms with E-state index in [9.17, 15) is 9.59 Å². The lowest BCUT2D eigenvalue weighted by Crippen LogP contribution is -2.49. The zero-order valence-electron chi connectivity index (χ0n) is 21.9. The molecular weight excluding hydrogens is 484 g/mol. The van der Waals surface area contributed by atoms with Gasteiger partial charge in [0.25, 0.3) is 0 Å². The van der Waals surface area contributed by atoms with Crippen LogP contribution in [-0.4, -0.2) is 40.8 Å². The third-order valence-corrected chi connectivity index (χ3v) is 8.60. The van der Waals surface area contributed by atoms with Crippen LogP contribution in [0.25, 0.3) is 10.9 Å². The second-order valence-corrected chi connectivity index (χ2v) is 11.1. The molecule has 5 rings (SSSR count). The van der Waals surface area contributed by atoms with Crippen LogP contribution in [0.4, 0.5) is 0 Å². The summed E-state index contributed by atoms with van der Waals surface area (Å²) in [6.45, 7) is 2.00. The highest BCUT2D eigenvalue weighted by atomic mass is 35.5. The number of nitrogens with zero attached hydrogens (tertiary/aromatic N) is 1. The fourth-order valence-corrected chi connectivity index (χ4v) is 6.62. The van der Waals surface area contributed by atoms with Crippen molar-refractivity contribution in [1.29, 1.82) is 0 Å². The molecule has 0 aliphatic heterocycles. The van der Waals surface area contributed by atoms with E-state index in [1.54, 1.807) is 31.4 Å². The standard InChI is InChI=1S/C31H37ClN2O3/c1-20-25(19-28(35)34(23-9-5-3-6-10-23)24-11-7-4-8-12-24)29-26(33-20)17-18-27(37-2)30(29)31(36)21-13-15-22(32)16-14-21/h13-18,23-24,33H,3-12,19H2,1-2H3. The lowest BCUT2D eigenvalue weighted by molar-refractivity contribution is -0.137. The van der Waals surface area contributed by atoms with E-state index in [0.29, 0.717) is 34.0 Å². The summed E-state index contributed by atoms with van der Waals surface area (Å²) in [6.07, 6.45) is 12.0. The maximum Gasteiger partial charge on any atom is 0.227 e. The quantitative estimate of drug-likeness (QED) is 0.330. The molecule has 6 heteroatoms. The summed E-state index contributed by atoms with van der Waals surface area (Å²) in [7, 11) is 1.58. The summed E-state index contributed by atoms with van der Waals surface area (Å²) in [4.78, 5) is 33.6. The minimum atomic E-state index is -0.136. The normalized spacial score (nSPS) is 17.2. The predicted molar refractivity (Wildman–Crippen MR) is 149 cm³/mol. The lowest BCUT2D eigenvalue weighted by atomic mass is 9.88. The van der Waals surface area contributed by atoms with E-state index in [4.69, 9.17) is 16.3 Å². The van der Waals surface area contributed by atoms with Crippen molar-refractivity contribution in [3.8, 4) is 5.75 Å². The molecule has 2 aliphatic carbocycles. The average Bonchev–Trinajstić information content (AvgIpc) is 3.24. The van der Waals surface area contributed by atoms with Gasteiger partial charge < -0.3 is 14.6 Å². The van der Waals surface area contributed by atoms with E-state index in [0.717, 1.165) is 47.8 Å². The number of halogens is 1. The Labute approximate surface area is 224 Å². The monoisotopic (exact) mass is 520 g/mol. The van der Waals surface area contributed by atoms with Crippen LogP contribution >= 0.6 is 11.6 Å². The number of carbonyl (C=O) groups is 2. The van der Waals surface area contributed by atoms with Gasteiger partial charge in [-0.2, -0.15) is 0 Å². The number of aromatic amines is 1. The van der Waals surface area contributed by atoms with Gasteiger partial charge in [0.15, 0.2) is 5.78 Å². The summed E-state index contributed by atoms with van der Waals surface area (Å²) in [5, 5.41) is 1.37. The fourth-order valence-electron chi connectivity index (χ4n) is 6.49. The van der Waals surface area contributed by atoms with Crippen molar-refractivity contribution in [2.24, 2.45) is 0 Å². The minimum Gasteiger partial charge on any atom is -0.496 e. The first kappa shape index (κ1) is 25.8. The van der Waals surface area contributed by atoms with Crippen LogP contribution in [-0.2, 0) is 11.2 Å². The summed E-state index contributed by atoms with van der Waals surface area (Å²) >= 11 is 6.08. The van der Waals surface area contributed by atoms with E-state index < -0.39 is 0 Å². The van der Waals surface area contributed by atoms with Gasteiger partial charge in [0, 0.05) is 39.3 Å². The van der Waals surface area contributed by atoms with Crippen LogP contribution in [0.15, 0.2) is 36.4 Å². The van der Waals surface area contributed by atoms with Crippen LogP contribution < -0.4 is 4.74 Å². The number of ether oxygens (including phenoxy) is 1. The molecule has 5 nitrogen and oxygen atoms in total. The molecule has 0 atom stereocenters. The molecule has 0 bridgehead atoms. The largest absolute Gasteiger partial charge is 0.496 e. The summed E-state index contributed by atoms with van der Waals surface area (Å²) in [5.74, 6) is 0.565. The molecular formula is C31H37ClN2O3. The number of aryl methyl sites for hydroxylation is 1. The maximum atomic E-state index is 14.1. The summed E-state index contributed by atoms with van der Waals surface area (Å²) in [6, 6.07) is 11.3. The number of amides is 1. The number of carbonyl (C=O) groups excluding carboxylic acids is 2. The molecule has 0 saturated heterocycles. The second kappa shape index (κ2) is 11.3. The Balaban J connectivity index is 1.55. The number of fused-ring (bicyclic) bond motifs is 1. The number of benzene rings is 2. The molecule has 2 aromatic carbocycles. The molecule has 0 unspecified atom stereocenters. The molecule has 1 aromatic heterocycles. The van der Waals surface area contributed by atoms with E-state index in [2.05, 4.69) is 9.88 Å². The van der Waals surface area contributed by atoms with Crippen LogP contribution in [0.1, 0.15) is 91.4 Å². The first-order valence-corrected chi connectivity index (χ1v) is 14.1. The van der Waals surface area contributed by atoms with Crippen LogP contribution in [0.2, 0.25) is 5.02 Å². The van der Waals surface area contributed by atoms with E-state index in [1.807, 2.05) is 19.1 Å². The molecule has 0 radical (unpaired) electrons. The third kappa shape index (κ3) is 5.29. The first-order chi connectivity index (χ1) is 18.0. The molecule has 0 spiro atoms. The Morgan fingerprint density at radius 1 is 0.919 bits per heavy atom. The molecule has 2 fully saturated rings. The topological polar surface area (TPSA) is 62.4 Å². The average molecular weight is 521 g/mol. The molecule has 1 heterocycles. The highest BCUT2D eigenvalue weighted by Crippen LogP contribution is 2.36. The van der Waals surface area contributed by atoms with Crippen molar-refractivity contribution in [2.45, 2.75) is 89.6 Å². The van der Waals surface area contributed by atoms with Gasteiger partial charge in [0.05, 0.1) is 19.1 Å². The highest BCUT2D eigenvalue weighted by molar-refractivity contribution is 6.30. The Hall–Kier alpha value is -2.79. The number of aromatic nitrogens is 1. The van der Waals surface area contributed by atoms with Crippen LogP contribution in [0, 0.1) is 6.92 Å². The third-order valence-electron chi connectivity index (χ3n) is 8.35. The van der Waals surface area contributed by atoms with Crippen molar-refractivity contribution >= 4 is 34.2 Å². The van der Waals surface area contributed by atoms with Crippen LogP contribution in [0.3, 0.4) is 0 Å². The van der Waals surface area contributed by atoms with Gasteiger partial charge in [0.1, 0.15) is 5.75 Å². The van der Waals surface area contributed by atoms with Crippen molar-refractivity contribution in [1.82, 2.24) is 9.88 Å². The number of hydrogen-bond donors (Lipinski definition) is 1. The molecule has 3 aromatic rings. The molecule has 2 saturated carbocycles. The van der Waals surface area contributed by atoms with E-state index in [1.165, 1.54) is 38.5 Å². The van der Waals surface area contributed by atoms with Crippen molar-refractivity contribution in [3.05, 3.63) is 63.8 Å². The number of hydrogen-bond acceptors (Lipinski definition) is 3. The number of methoxy groups -OCH3 is 1. The van der Waals surface area contributed by atoms with E-state index >= 15 is 0 Å². The van der Waals surface area contributed by atoms with Gasteiger partial charge in [-0.3, -0.25) is 9.59 Å². The zero-order chi connectivity index (χ0) is 25.9. The Morgan fingerprint density at radius 2 is 1.51 bits per heavy atom. The Bertz CT molecular complexity index is 1250. The molecule has 196 valence electrons. The van der Waals surface area contributed by atoms with Gasteiger partial charge >= 0.3 is 0 Å². The highest BCUT2D eigenvalue weighted by Gasteiger charge is 2.33. The zero-order valence-corrected chi connectivity index (χ0v) is 22.7. The summed E-state index contributed by atoms with van der Waals surface area (Å²) < 4.78 is 5.67. The number of ketones is 1. The number of rotatable bonds is 7. The molecule has 1 amide bonds. The smallest absolute Gasteiger partial charge is 0.227 e. The fraction of sp³-hybridized carbons (Fsp3) is 0.484. The second-order valence-electron chi connectivity index (χ2n) is 10.7. The SMILES string of the molecule is COc1ccc2[nH]c(C)c(CC(=O)N(C3CCCCC3)C3CCCCC3)c2c1C(=O)c1ccc(Cl)cc1. The predicted octanol–water partition coefficient (Wildman–Crippen LogP) is 7.41. The van der Waals surface area contributed by atoms with Gasteiger partial charge in [-0.05, 0) is 74.6 Å². The van der Waals surface area contributed by atoms with Gasteiger partial charge in [0.2, 0.25) is 5.91 Å². The first-order valence-electron chi connectivity index (χ1n) is 13.8. The molecule has 1 N–H and O–H groups in total. The lowest BCUT2D eigenvalue weighted by Gasteiger charge is -2.42. The van der Waals surface area contributed by atoms with E-state index in [-0.39, 0.29) is 18.1 Å². The van der Waals surface area contributed by atoms with Crippen molar-refractivity contribution in [3.63, 3.8) is 0 Å². The minimum absolute atomic E-state index is 0.136.